The Hall–Kier alpha value is -2.44. The van der Waals surface area contributed by atoms with Gasteiger partial charge in [-0.25, -0.2) is 0 Å². The zero-order chi connectivity index (χ0) is 39.2. The summed E-state index contributed by atoms with van der Waals surface area (Å²) in [7, 11) is 0. The van der Waals surface area contributed by atoms with E-state index in [1.165, 1.54) is 156 Å². The number of allylic oxidation sites excluding steroid dienone is 2. The Kier molecular flexibility index (Phi) is 34.4. The van der Waals surface area contributed by atoms with E-state index in [0.29, 0.717) is 0 Å². The van der Waals surface area contributed by atoms with Crippen LogP contribution in [0.1, 0.15) is 210 Å². The van der Waals surface area contributed by atoms with Gasteiger partial charge in [0.1, 0.15) is 0 Å². The summed E-state index contributed by atoms with van der Waals surface area (Å²) in [5, 5.41) is 4.35. The van der Waals surface area contributed by atoms with Gasteiger partial charge in [0, 0.05) is 12.8 Å². The van der Waals surface area contributed by atoms with Gasteiger partial charge in [0.2, 0.25) is 0 Å². The van der Waals surface area contributed by atoms with Crippen LogP contribution in [0.15, 0.2) is 60.2 Å². The summed E-state index contributed by atoms with van der Waals surface area (Å²) in [5.41, 5.74) is 16.7. The van der Waals surface area contributed by atoms with E-state index in [1.54, 1.807) is 0 Å². The fourth-order valence-corrected chi connectivity index (χ4v) is 7.05. The predicted octanol–water partition coefficient (Wildman–Crippen LogP) is 16.4. The molecule has 3 heteroatoms. The van der Waals surface area contributed by atoms with Crippen LogP contribution in [0.5, 0.6) is 0 Å². The van der Waals surface area contributed by atoms with E-state index in [9.17, 15) is 5.53 Å². The van der Waals surface area contributed by atoms with Crippen LogP contribution in [0, 0.1) is 11.8 Å². The van der Waals surface area contributed by atoms with Gasteiger partial charge in [-0.1, -0.05) is 198 Å². The predicted molar refractivity (Wildman–Crippen MR) is 236 cm³/mol. The van der Waals surface area contributed by atoms with E-state index < -0.39 is 0 Å². The van der Waals surface area contributed by atoms with Crippen molar-refractivity contribution in [3.05, 3.63) is 88.0 Å². The van der Waals surface area contributed by atoms with Crippen LogP contribution in [0.3, 0.4) is 0 Å². The zero-order valence-electron chi connectivity index (χ0n) is 35.7. The Balaban J connectivity index is 0.00000469. The summed E-state index contributed by atoms with van der Waals surface area (Å²) in [4.78, 5) is 3.32. The molecule has 0 radical (unpaired) electrons. The Morgan fingerprint density at radius 2 is 1.11 bits per heavy atom. The van der Waals surface area contributed by atoms with Crippen molar-refractivity contribution in [2.24, 2.45) is 0 Å². The SMILES string of the molecule is CCCCCCCCCCCCCCCCCCCCC#CCCc1ccccc1C(=CC(=C=[N+]=[N-])CCCCC)c1cccc(CCCC)c1.[CH3][Pd][CH3]. The molecular formula is C51H80N2Pd. The summed E-state index contributed by atoms with van der Waals surface area (Å²) < 4.78 is 0. The van der Waals surface area contributed by atoms with Crippen LogP contribution in [0.4, 0.5) is 0 Å². The first-order valence-corrected chi connectivity index (χ1v) is 25.3. The molecule has 0 amide bonds. The molecule has 0 fully saturated rings. The van der Waals surface area contributed by atoms with Gasteiger partial charge in [-0.15, -0.1) is 16.6 Å². The Morgan fingerprint density at radius 3 is 1.69 bits per heavy atom. The normalized spacial score (nSPS) is 10.9. The quantitative estimate of drug-likeness (QED) is 0.0143. The molecule has 304 valence electrons. The second-order valence-corrected chi connectivity index (χ2v) is 16.7. The summed E-state index contributed by atoms with van der Waals surface area (Å²) >= 11 is 0.950. The zero-order valence-corrected chi connectivity index (χ0v) is 37.3. The first-order valence-electron chi connectivity index (χ1n) is 22.2. The molecule has 0 saturated heterocycles. The third-order valence-corrected chi connectivity index (χ3v) is 10.2. The van der Waals surface area contributed by atoms with E-state index in [-0.39, 0.29) is 0 Å². The molecule has 0 aliphatic heterocycles. The Morgan fingerprint density at radius 1 is 0.593 bits per heavy atom. The molecule has 0 atom stereocenters. The number of hydrogen-bond acceptors (Lipinski definition) is 0. The van der Waals surface area contributed by atoms with Crippen molar-refractivity contribution in [1.29, 1.82) is 0 Å². The van der Waals surface area contributed by atoms with Crippen LogP contribution in [0.2, 0.25) is 10.8 Å². The molecule has 0 aliphatic carbocycles. The van der Waals surface area contributed by atoms with Crippen molar-refractivity contribution in [1.82, 2.24) is 0 Å². The van der Waals surface area contributed by atoms with E-state index >= 15 is 0 Å². The number of nitrogens with zero attached hydrogens (tertiary/aromatic N) is 2. The molecule has 2 aromatic rings. The van der Waals surface area contributed by atoms with Gasteiger partial charge in [-0.05, 0) is 72.4 Å². The topological polar surface area (TPSA) is 36.4 Å². The average Bonchev–Trinajstić information content (AvgIpc) is 3.18. The fraction of sp³-hybridized carbons (Fsp3) is 0.647. The van der Waals surface area contributed by atoms with Gasteiger partial charge in [0.15, 0.2) is 0 Å². The van der Waals surface area contributed by atoms with Crippen LogP contribution < -0.4 is 0 Å². The Bertz CT molecular complexity index is 1370. The van der Waals surface area contributed by atoms with E-state index in [2.05, 4.69) is 109 Å². The van der Waals surface area contributed by atoms with Gasteiger partial charge in [0.25, 0.3) is 0 Å². The molecule has 0 aromatic heterocycles. The number of rotatable bonds is 30. The number of aryl methyl sites for hydroxylation is 2. The molecule has 0 spiro atoms. The number of benzene rings is 2. The van der Waals surface area contributed by atoms with Crippen LogP contribution in [-0.2, 0) is 30.8 Å². The maximum absolute atomic E-state index is 9.43. The summed E-state index contributed by atoms with van der Waals surface area (Å²) in [6.07, 6.45) is 38.1. The molecule has 2 nitrogen and oxygen atoms in total. The molecule has 54 heavy (non-hydrogen) atoms. The monoisotopic (exact) mass is 827 g/mol. The first-order chi connectivity index (χ1) is 26.6. The molecule has 0 unspecified atom stereocenters. The minimum absolute atomic E-state index is 0.851. The van der Waals surface area contributed by atoms with E-state index in [1.807, 2.05) is 0 Å². The molecule has 2 rings (SSSR count). The number of hydrogen-bond donors (Lipinski definition) is 0. The summed E-state index contributed by atoms with van der Waals surface area (Å²) in [5.74, 6) is 9.85. The Labute approximate surface area is 343 Å². The summed E-state index contributed by atoms with van der Waals surface area (Å²) in [6, 6.07) is 17.8. The molecule has 0 bridgehead atoms. The van der Waals surface area contributed by atoms with Crippen molar-refractivity contribution in [3.8, 4) is 11.8 Å². The number of unbranched alkanes of at least 4 members (excludes halogenated alkanes) is 21. The molecule has 0 N–H and O–H groups in total. The molecule has 2 aromatic carbocycles. The van der Waals surface area contributed by atoms with Crippen LogP contribution in [0.25, 0.3) is 11.1 Å². The molecule has 0 aliphatic rings. The fourth-order valence-electron chi connectivity index (χ4n) is 7.05. The van der Waals surface area contributed by atoms with E-state index in [4.69, 9.17) is 0 Å². The second-order valence-electron chi connectivity index (χ2n) is 15.1. The molecule has 0 saturated carbocycles. The van der Waals surface area contributed by atoms with Gasteiger partial charge in [0.05, 0.1) is 5.57 Å². The third-order valence-electron chi connectivity index (χ3n) is 10.2. The average molecular weight is 828 g/mol. The van der Waals surface area contributed by atoms with Crippen molar-refractivity contribution in [2.75, 3.05) is 0 Å². The standard InChI is InChI=1S/C49H74N2.2CH3.Pd/c1-4-7-10-11-12-13-14-15-16-17-18-19-20-21-22-23-24-25-26-27-28-30-37-46-38-31-32-40-48(46)49(42-45(43-51-50)35-29-8-5-2)47-39-33-36-44(41-47)34-9-6-3;;;/h31-33,36,38-42H,4-26,29-30,34-35,37H2,1-3H3;2*1H3;. The van der Waals surface area contributed by atoms with Crippen molar-refractivity contribution in [2.45, 2.75) is 211 Å². The van der Waals surface area contributed by atoms with Gasteiger partial charge in [-0.3, -0.25) is 0 Å². The van der Waals surface area contributed by atoms with Crippen molar-refractivity contribution < 1.29 is 22.8 Å². The second kappa shape index (κ2) is 37.5. The molecular weight excluding hydrogens is 747 g/mol. The van der Waals surface area contributed by atoms with Crippen molar-refractivity contribution >= 4 is 11.4 Å². The maximum atomic E-state index is 9.43. The third kappa shape index (κ3) is 26.4. The first kappa shape index (κ1) is 49.6. The summed E-state index contributed by atoms with van der Waals surface area (Å²) in [6.45, 7) is 6.76. The molecule has 0 heterocycles. The van der Waals surface area contributed by atoms with Crippen molar-refractivity contribution in [3.63, 3.8) is 0 Å². The van der Waals surface area contributed by atoms with Gasteiger partial charge < -0.3 is 5.53 Å². The van der Waals surface area contributed by atoms with E-state index in [0.717, 1.165) is 74.9 Å². The van der Waals surface area contributed by atoms with Gasteiger partial charge in [-0.2, -0.15) is 0 Å². The van der Waals surface area contributed by atoms with Crippen LogP contribution >= 0.6 is 0 Å². The minimum atomic E-state index is 0.851. The van der Waals surface area contributed by atoms with Crippen LogP contribution in [-0.4, -0.2) is 10.7 Å². The van der Waals surface area contributed by atoms with Gasteiger partial charge >= 0.3 is 34.6 Å².